The van der Waals surface area contributed by atoms with E-state index in [-0.39, 0.29) is 11.9 Å². The Bertz CT molecular complexity index is 706. The summed E-state index contributed by atoms with van der Waals surface area (Å²) in [5.74, 6) is -0.723. The summed E-state index contributed by atoms with van der Waals surface area (Å²) < 4.78 is 0. The van der Waals surface area contributed by atoms with Crippen molar-refractivity contribution in [3.63, 3.8) is 0 Å². The third kappa shape index (κ3) is 3.56. The Labute approximate surface area is 139 Å². The molecule has 1 aliphatic heterocycles. The number of piperidine rings is 1. The smallest absolute Gasteiger partial charge is 0.335 e. The van der Waals surface area contributed by atoms with Gasteiger partial charge in [0.2, 0.25) is 0 Å². The van der Waals surface area contributed by atoms with Crippen molar-refractivity contribution in [1.82, 2.24) is 20.4 Å². The van der Waals surface area contributed by atoms with E-state index in [4.69, 9.17) is 0 Å². The minimum atomic E-state index is -0.898. The summed E-state index contributed by atoms with van der Waals surface area (Å²) in [6, 6.07) is 8.84. The number of H-pyrrole nitrogens is 1. The number of carbonyl (C=O) groups is 2. The normalized spacial score (nSPS) is 15.2. The van der Waals surface area contributed by atoms with Gasteiger partial charge >= 0.3 is 12.0 Å². The van der Waals surface area contributed by atoms with E-state index in [1.54, 1.807) is 23.2 Å². The van der Waals surface area contributed by atoms with Crippen molar-refractivity contribution in [3.05, 3.63) is 53.3 Å². The number of nitrogens with one attached hydrogen (secondary N) is 2. The lowest BCUT2D eigenvalue weighted by Crippen LogP contribution is -2.44. The molecule has 0 saturated carbocycles. The van der Waals surface area contributed by atoms with E-state index in [1.807, 2.05) is 18.2 Å². The van der Waals surface area contributed by atoms with Crippen LogP contribution in [0.1, 0.15) is 40.4 Å². The fourth-order valence-electron chi connectivity index (χ4n) is 3.11. The van der Waals surface area contributed by atoms with Crippen LogP contribution < -0.4 is 5.32 Å². The monoisotopic (exact) mass is 328 g/mol. The predicted octanol–water partition coefficient (Wildman–Crippen LogP) is 2.20. The van der Waals surface area contributed by atoms with Gasteiger partial charge in [-0.1, -0.05) is 18.2 Å². The zero-order valence-corrected chi connectivity index (χ0v) is 13.2. The third-order valence-corrected chi connectivity index (χ3v) is 4.40. The summed E-state index contributed by atoms with van der Waals surface area (Å²) in [6.07, 6.45) is 3.18. The number of carboxylic acids is 1. The van der Waals surface area contributed by atoms with Crippen molar-refractivity contribution < 1.29 is 14.7 Å². The lowest BCUT2D eigenvalue weighted by molar-refractivity contribution is 0.0694. The zero-order valence-electron chi connectivity index (χ0n) is 13.2. The molecule has 1 fully saturated rings. The zero-order chi connectivity index (χ0) is 16.9. The molecule has 1 aromatic carbocycles. The van der Waals surface area contributed by atoms with E-state index >= 15 is 0 Å². The van der Waals surface area contributed by atoms with Crippen LogP contribution in [0.4, 0.5) is 4.79 Å². The lowest BCUT2D eigenvalue weighted by Gasteiger charge is -2.32. The number of urea groups is 1. The summed E-state index contributed by atoms with van der Waals surface area (Å²) in [5.41, 5.74) is 2.08. The summed E-state index contributed by atoms with van der Waals surface area (Å²) in [5, 5.41) is 18.8. The molecule has 7 nitrogen and oxygen atoms in total. The summed E-state index contributed by atoms with van der Waals surface area (Å²) >= 11 is 0. The molecule has 0 unspecified atom stereocenters. The topological polar surface area (TPSA) is 98.3 Å². The summed E-state index contributed by atoms with van der Waals surface area (Å²) in [6.45, 7) is 1.65. The number of hydrogen-bond acceptors (Lipinski definition) is 3. The van der Waals surface area contributed by atoms with Crippen LogP contribution in [-0.4, -0.2) is 45.3 Å². The van der Waals surface area contributed by atoms with Gasteiger partial charge in [-0.3, -0.25) is 5.10 Å². The first-order chi connectivity index (χ1) is 11.6. The molecule has 3 N–H and O–H groups in total. The van der Waals surface area contributed by atoms with Gasteiger partial charge in [0.15, 0.2) is 0 Å². The average molecular weight is 328 g/mol. The summed E-state index contributed by atoms with van der Waals surface area (Å²) in [7, 11) is 0. The number of likely N-dealkylation sites (tertiary alicyclic amines) is 1. The van der Waals surface area contributed by atoms with E-state index in [2.05, 4.69) is 15.5 Å². The van der Waals surface area contributed by atoms with Gasteiger partial charge in [0.1, 0.15) is 0 Å². The molecule has 0 aliphatic carbocycles. The third-order valence-electron chi connectivity index (χ3n) is 4.40. The number of aromatic amines is 1. The van der Waals surface area contributed by atoms with Crippen LogP contribution in [0.3, 0.4) is 0 Å². The molecule has 1 saturated heterocycles. The molecule has 2 aromatic rings. The molecule has 0 atom stereocenters. The minimum Gasteiger partial charge on any atom is -0.478 e. The minimum absolute atomic E-state index is 0.102. The summed E-state index contributed by atoms with van der Waals surface area (Å²) in [4.78, 5) is 25.3. The number of carboxylic acid groups (broad SMARTS) is 1. The first-order valence-electron chi connectivity index (χ1n) is 7.98. The molecule has 2 heterocycles. The van der Waals surface area contributed by atoms with E-state index in [0.29, 0.717) is 25.2 Å². The van der Waals surface area contributed by atoms with E-state index in [1.165, 1.54) is 0 Å². The fourth-order valence-corrected chi connectivity index (χ4v) is 3.11. The van der Waals surface area contributed by atoms with Crippen LogP contribution in [0.5, 0.6) is 0 Å². The Morgan fingerprint density at radius 2 is 2.00 bits per heavy atom. The van der Waals surface area contributed by atoms with Gasteiger partial charge in [-0.15, -0.1) is 0 Å². The van der Waals surface area contributed by atoms with Crippen LogP contribution in [0.25, 0.3) is 0 Å². The Morgan fingerprint density at radius 1 is 1.25 bits per heavy atom. The number of aromatic carboxylic acids is 1. The molecule has 2 amide bonds. The number of hydrogen-bond donors (Lipinski definition) is 3. The highest BCUT2D eigenvalue weighted by Gasteiger charge is 2.26. The van der Waals surface area contributed by atoms with E-state index in [0.717, 1.165) is 24.1 Å². The molecule has 1 aliphatic rings. The molecule has 0 spiro atoms. The molecule has 7 heteroatoms. The van der Waals surface area contributed by atoms with Gasteiger partial charge in [-0.2, -0.15) is 5.10 Å². The van der Waals surface area contributed by atoms with Crippen molar-refractivity contribution in [2.24, 2.45) is 0 Å². The number of aromatic nitrogens is 2. The van der Waals surface area contributed by atoms with E-state index in [9.17, 15) is 14.7 Å². The molecule has 126 valence electrons. The van der Waals surface area contributed by atoms with Crippen molar-refractivity contribution >= 4 is 12.0 Å². The standard InChI is InChI=1S/C17H20N4O3/c22-16(23)15-4-2-1-3-14(15)12-6-9-21(10-7-12)17(24)18-11-13-5-8-19-20-13/h1-5,8,12H,6-7,9-11H2,(H,18,24)(H,19,20)(H,22,23). The predicted molar refractivity (Wildman–Crippen MR) is 87.8 cm³/mol. The van der Waals surface area contributed by atoms with Crippen LogP contribution in [0.15, 0.2) is 36.5 Å². The first-order valence-corrected chi connectivity index (χ1v) is 7.98. The van der Waals surface area contributed by atoms with E-state index < -0.39 is 5.97 Å². The number of rotatable bonds is 4. The second-order valence-corrected chi connectivity index (χ2v) is 5.89. The SMILES string of the molecule is O=C(O)c1ccccc1C1CCN(C(=O)NCc2ccn[nH]2)CC1. The van der Waals surface area contributed by atoms with Crippen molar-refractivity contribution in [2.75, 3.05) is 13.1 Å². The molecule has 24 heavy (non-hydrogen) atoms. The average Bonchev–Trinajstić information content (AvgIpc) is 3.13. The highest BCUT2D eigenvalue weighted by Crippen LogP contribution is 2.30. The maximum Gasteiger partial charge on any atom is 0.335 e. The van der Waals surface area contributed by atoms with Gasteiger partial charge in [-0.25, -0.2) is 9.59 Å². The number of carbonyl (C=O) groups excluding carboxylic acids is 1. The Hall–Kier alpha value is -2.83. The maximum absolute atomic E-state index is 12.2. The van der Waals surface area contributed by atoms with Crippen LogP contribution in [0, 0.1) is 0 Å². The van der Waals surface area contributed by atoms with Gasteiger partial charge in [0.25, 0.3) is 0 Å². The van der Waals surface area contributed by atoms with Crippen molar-refractivity contribution in [1.29, 1.82) is 0 Å². The number of benzene rings is 1. The molecule has 0 bridgehead atoms. The van der Waals surface area contributed by atoms with Crippen LogP contribution in [0.2, 0.25) is 0 Å². The Balaban J connectivity index is 1.56. The van der Waals surface area contributed by atoms with Gasteiger partial charge in [-0.05, 0) is 36.5 Å². The van der Waals surface area contributed by atoms with Gasteiger partial charge in [0.05, 0.1) is 17.8 Å². The second-order valence-electron chi connectivity index (χ2n) is 5.89. The van der Waals surface area contributed by atoms with Gasteiger partial charge in [0, 0.05) is 19.3 Å². The highest BCUT2D eigenvalue weighted by atomic mass is 16.4. The fraction of sp³-hybridized carbons (Fsp3) is 0.353. The Kier molecular flexibility index (Phi) is 4.79. The first kappa shape index (κ1) is 16.0. The van der Waals surface area contributed by atoms with Crippen LogP contribution >= 0.6 is 0 Å². The van der Waals surface area contributed by atoms with Crippen molar-refractivity contribution in [3.8, 4) is 0 Å². The van der Waals surface area contributed by atoms with Crippen molar-refractivity contribution in [2.45, 2.75) is 25.3 Å². The quantitative estimate of drug-likeness (QED) is 0.801. The Morgan fingerprint density at radius 3 is 2.67 bits per heavy atom. The largest absolute Gasteiger partial charge is 0.478 e. The van der Waals surface area contributed by atoms with Gasteiger partial charge < -0.3 is 15.3 Å². The molecule has 3 rings (SSSR count). The molecular formula is C17H20N4O3. The lowest BCUT2D eigenvalue weighted by atomic mass is 9.86. The second kappa shape index (κ2) is 7.16. The maximum atomic E-state index is 12.2. The highest BCUT2D eigenvalue weighted by molar-refractivity contribution is 5.89. The van der Waals surface area contributed by atoms with Crippen LogP contribution in [-0.2, 0) is 6.54 Å². The molecular weight excluding hydrogens is 308 g/mol. The number of amides is 2. The molecule has 0 radical (unpaired) electrons. The number of nitrogens with zero attached hydrogens (tertiary/aromatic N) is 2. The molecule has 1 aromatic heterocycles.